The Hall–Kier alpha value is -2.73. The highest BCUT2D eigenvalue weighted by atomic mass is 15.3. The maximum Gasteiger partial charge on any atom is 0.143 e. The molecule has 0 bridgehead atoms. The summed E-state index contributed by atoms with van der Waals surface area (Å²) in [5.74, 6) is 1.89. The molecule has 2 aliphatic rings. The van der Waals surface area contributed by atoms with Crippen molar-refractivity contribution in [3.05, 3.63) is 67.0 Å². The molecular formula is C21H24N6. The third-order valence-electron chi connectivity index (χ3n) is 5.94. The van der Waals surface area contributed by atoms with E-state index in [0.29, 0.717) is 5.41 Å². The highest BCUT2D eigenvalue weighted by molar-refractivity contribution is 5.45. The highest BCUT2D eigenvalue weighted by Gasteiger charge is 2.43. The minimum Gasteiger partial charge on any atom is -0.356 e. The second-order valence-corrected chi connectivity index (χ2v) is 7.82. The molecule has 0 radical (unpaired) electrons. The quantitative estimate of drug-likeness (QED) is 0.716. The molecule has 1 spiro atoms. The van der Waals surface area contributed by atoms with Crippen LogP contribution in [0.1, 0.15) is 18.4 Å². The molecular weight excluding hydrogens is 336 g/mol. The second kappa shape index (κ2) is 6.78. The fraction of sp³-hybridized carbons (Fsp3) is 0.381. The molecule has 2 saturated heterocycles. The summed E-state index contributed by atoms with van der Waals surface area (Å²) >= 11 is 0. The number of hydrogen-bond acceptors (Lipinski definition) is 5. The number of nitrogens with zero attached hydrogens (tertiary/aromatic N) is 6. The third-order valence-corrected chi connectivity index (χ3v) is 5.94. The molecule has 2 aromatic heterocycles. The number of imidazole rings is 1. The van der Waals surface area contributed by atoms with Gasteiger partial charge in [0.15, 0.2) is 0 Å². The molecule has 27 heavy (non-hydrogen) atoms. The average Bonchev–Trinajstić information content (AvgIpc) is 3.46. The zero-order valence-electron chi connectivity index (χ0n) is 15.4. The van der Waals surface area contributed by atoms with Gasteiger partial charge in [0, 0.05) is 50.1 Å². The molecule has 138 valence electrons. The van der Waals surface area contributed by atoms with Gasteiger partial charge >= 0.3 is 0 Å². The number of aromatic nitrogens is 4. The lowest BCUT2D eigenvalue weighted by molar-refractivity contribution is 0.270. The van der Waals surface area contributed by atoms with E-state index in [4.69, 9.17) is 0 Å². The Kier molecular flexibility index (Phi) is 4.13. The maximum atomic E-state index is 4.54. The van der Waals surface area contributed by atoms with Crippen LogP contribution in [-0.4, -0.2) is 50.6 Å². The normalized spacial score (nSPS) is 22.7. The molecule has 0 N–H and O–H groups in total. The summed E-state index contributed by atoms with van der Waals surface area (Å²) in [6.07, 6.45) is 9.63. The first kappa shape index (κ1) is 16.4. The van der Waals surface area contributed by atoms with Crippen LogP contribution in [0.25, 0.3) is 5.82 Å². The van der Waals surface area contributed by atoms with Crippen LogP contribution >= 0.6 is 0 Å². The predicted octanol–water partition coefficient (Wildman–Crippen LogP) is 2.76. The molecule has 3 aromatic rings. The lowest BCUT2D eigenvalue weighted by Gasteiger charge is -2.25. The van der Waals surface area contributed by atoms with Gasteiger partial charge in [-0.15, -0.1) is 0 Å². The van der Waals surface area contributed by atoms with E-state index in [9.17, 15) is 0 Å². The Balaban J connectivity index is 1.27. The first-order chi connectivity index (χ1) is 13.3. The number of hydrogen-bond donors (Lipinski definition) is 0. The van der Waals surface area contributed by atoms with Crippen LogP contribution in [-0.2, 0) is 6.54 Å². The highest BCUT2D eigenvalue weighted by Crippen LogP contribution is 2.41. The third kappa shape index (κ3) is 3.32. The Morgan fingerprint density at radius 2 is 1.81 bits per heavy atom. The summed E-state index contributed by atoms with van der Waals surface area (Å²) in [6, 6.07) is 12.9. The summed E-state index contributed by atoms with van der Waals surface area (Å²) in [4.78, 5) is 18.1. The molecule has 5 rings (SSSR count). The number of benzene rings is 1. The van der Waals surface area contributed by atoms with Crippen molar-refractivity contribution in [1.29, 1.82) is 0 Å². The van der Waals surface area contributed by atoms with Crippen LogP contribution in [0.3, 0.4) is 0 Å². The van der Waals surface area contributed by atoms with Crippen molar-refractivity contribution in [3.63, 3.8) is 0 Å². The summed E-state index contributed by atoms with van der Waals surface area (Å²) in [7, 11) is 0. The lowest BCUT2D eigenvalue weighted by atomic mass is 9.86. The van der Waals surface area contributed by atoms with E-state index in [0.717, 1.165) is 31.3 Å². The molecule has 0 amide bonds. The largest absolute Gasteiger partial charge is 0.356 e. The SMILES string of the molecule is c1ccc(CN2CCC3(CCN(c4cc(-n5ccnc5)ncn4)C3)C2)cc1. The summed E-state index contributed by atoms with van der Waals surface area (Å²) in [5, 5.41) is 0. The fourth-order valence-electron chi connectivity index (χ4n) is 4.51. The van der Waals surface area contributed by atoms with E-state index in [-0.39, 0.29) is 0 Å². The number of anilines is 1. The Morgan fingerprint density at radius 3 is 2.67 bits per heavy atom. The Morgan fingerprint density at radius 1 is 0.963 bits per heavy atom. The van der Waals surface area contributed by atoms with Crippen molar-refractivity contribution in [3.8, 4) is 5.82 Å². The van der Waals surface area contributed by atoms with Gasteiger partial charge in [0.1, 0.15) is 24.3 Å². The van der Waals surface area contributed by atoms with Gasteiger partial charge in [0.05, 0.1) is 0 Å². The molecule has 6 heteroatoms. The monoisotopic (exact) mass is 360 g/mol. The van der Waals surface area contributed by atoms with Gasteiger partial charge in [-0.3, -0.25) is 9.47 Å². The Labute approximate surface area is 159 Å². The molecule has 1 aromatic carbocycles. The van der Waals surface area contributed by atoms with Gasteiger partial charge in [-0.2, -0.15) is 0 Å². The minimum absolute atomic E-state index is 0.398. The van der Waals surface area contributed by atoms with E-state index >= 15 is 0 Å². The van der Waals surface area contributed by atoms with Crippen LogP contribution in [0, 0.1) is 5.41 Å². The zero-order chi connectivity index (χ0) is 18.1. The first-order valence-electron chi connectivity index (χ1n) is 9.61. The van der Waals surface area contributed by atoms with Crippen LogP contribution in [0.5, 0.6) is 0 Å². The summed E-state index contributed by atoms with van der Waals surface area (Å²) in [6.45, 7) is 5.57. The van der Waals surface area contributed by atoms with Gasteiger partial charge in [0.2, 0.25) is 0 Å². The second-order valence-electron chi connectivity index (χ2n) is 7.82. The first-order valence-corrected chi connectivity index (χ1v) is 9.61. The minimum atomic E-state index is 0.398. The van der Waals surface area contributed by atoms with Gasteiger partial charge in [0.25, 0.3) is 0 Å². The van der Waals surface area contributed by atoms with Gasteiger partial charge in [-0.05, 0) is 24.9 Å². The van der Waals surface area contributed by atoms with Crippen molar-refractivity contribution in [2.24, 2.45) is 5.41 Å². The van der Waals surface area contributed by atoms with Gasteiger partial charge in [-0.1, -0.05) is 30.3 Å². The van der Waals surface area contributed by atoms with Gasteiger partial charge < -0.3 is 4.90 Å². The summed E-state index contributed by atoms with van der Waals surface area (Å²) < 4.78 is 1.92. The van der Waals surface area contributed by atoms with Crippen molar-refractivity contribution < 1.29 is 0 Å². The summed E-state index contributed by atoms with van der Waals surface area (Å²) in [5.41, 5.74) is 1.81. The van der Waals surface area contributed by atoms with Crippen LogP contribution in [0.4, 0.5) is 5.82 Å². The lowest BCUT2D eigenvalue weighted by Crippen LogP contribution is -2.31. The van der Waals surface area contributed by atoms with Crippen LogP contribution < -0.4 is 4.90 Å². The molecule has 6 nitrogen and oxygen atoms in total. The number of rotatable bonds is 4. The topological polar surface area (TPSA) is 50.1 Å². The maximum absolute atomic E-state index is 4.54. The smallest absolute Gasteiger partial charge is 0.143 e. The van der Waals surface area contributed by atoms with E-state index in [1.807, 2.05) is 10.8 Å². The molecule has 1 atom stereocenters. The van der Waals surface area contributed by atoms with Crippen molar-refractivity contribution in [2.45, 2.75) is 19.4 Å². The molecule has 0 saturated carbocycles. The standard InChI is InChI=1S/C21H24N6/c1-2-4-18(5-3-1)13-25-9-6-21(14-25)7-10-26(15-21)19-12-20(24-16-23-19)27-11-8-22-17-27/h1-5,8,11-12,16-17H,6-7,9-10,13-15H2. The predicted molar refractivity (Wildman–Crippen MR) is 105 cm³/mol. The molecule has 1 unspecified atom stereocenters. The zero-order valence-corrected chi connectivity index (χ0v) is 15.4. The Bertz CT molecular complexity index is 894. The average molecular weight is 360 g/mol. The molecule has 2 fully saturated rings. The van der Waals surface area contributed by atoms with Crippen molar-refractivity contribution in [1.82, 2.24) is 24.4 Å². The van der Waals surface area contributed by atoms with Crippen LogP contribution in [0.15, 0.2) is 61.4 Å². The van der Waals surface area contributed by atoms with E-state index in [2.05, 4.69) is 61.1 Å². The van der Waals surface area contributed by atoms with Crippen molar-refractivity contribution in [2.75, 3.05) is 31.1 Å². The van der Waals surface area contributed by atoms with Crippen LogP contribution in [0.2, 0.25) is 0 Å². The molecule has 0 aliphatic carbocycles. The molecule has 4 heterocycles. The van der Waals surface area contributed by atoms with E-state index < -0.39 is 0 Å². The molecule has 2 aliphatic heterocycles. The number of likely N-dealkylation sites (tertiary alicyclic amines) is 1. The van der Waals surface area contributed by atoms with E-state index in [1.54, 1.807) is 18.9 Å². The van der Waals surface area contributed by atoms with Gasteiger partial charge in [-0.25, -0.2) is 15.0 Å². The van der Waals surface area contributed by atoms with E-state index in [1.165, 1.54) is 31.5 Å². The van der Waals surface area contributed by atoms with Crippen molar-refractivity contribution >= 4 is 5.82 Å². The fourth-order valence-corrected chi connectivity index (χ4v) is 4.51.